The fraction of sp³-hybridized carbons (Fsp3) is 0.247. The van der Waals surface area contributed by atoms with E-state index in [1.165, 1.54) is 45.1 Å². The van der Waals surface area contributed by atoms with Gasteiger partial charge in [0.25, 0.3) is 5.91 Å². The van der Waals surface area contributed by atoms with Gasteiger partial charge in [0.05, 0.1) is 92.6 Å². The molecule has 0 bridgehead atoms. The first-order chi connectivity index (χ1) is 60.2. The molecule has 27 heteroatoms. The SMILES string of the molecule is COC(=O)Cn1ccc2c(C(=O)OC)cc(NC(=O)C3CC3c3ccccc3)cc21.COC(=O)c1cc(NC(=O)C2CC2c2ccccc2)cc2[nH]ccc12.COC(=O)c1cc(NC(=O)C2CC2c2ccccc2)cc2c1ccn2CCO.O=C(O)C1CC1c1ccccc1.O=C1NN=Cc2cn(CCO)c3cc(NC(=O)C4CC4c4ccccc4)cc1c23. The number of fused-ring (bicyclic) bond motifs is 3. The standard InChI is InChI=1S/C23H22N2O5.C22H20N4O3.C22H22N2O4.C20H18N2O3.C10H10O2/c1-29-21(26)13-25-9-8-16-19(23(28)30-2)10-15(11-20(16)25)24-22(27)18-12-17(18)14-6-4-3-5-7-14;27-7-6-26-12-14-11-23-25-22(29)18-8-15(9-19(26)20(14)18)24-21(28)17-10-16(17)13-4-2-1-3-5-13;1-28-22(27)19-11-15(12-20-16(19)7-8-24(20)9-10-25)23-21(26)18-13-17(18)14-5-3-2-4-6-14;1-25-20(24)17-9-13(10-18-14(17)7-8-21-18)22-19(23)16-11-15(16)12-5-3-2-4-6-12;11-10(12)9-6-8(9)7-4-2-1-3-5-7/h3-11,17-18H,12-13H2,1-2H3,(H,24,27);1-5,8-9,11-12,16-17,27H,6-7,10H2,(H,24,28)(H,25,29);2-8,11-12,17-18,25H,9-10,13H2,1H3,(H,23,26);2-10,15-16,21H,11H2,1H3,(H,22,23);1-5,8-9H,6H2,(H,11,12). The number of hydrazone groups is 1. The number of aliphatic hydroxyl groups is 2. The van der Waals surface area contributed by atoms with Crippen LogP contribution in [-0.4, -0.2) is 141 Å². The lowest BCUT2D eigenvalue weighted by atomic mass is 10.0. The molecule has 6 aliphatic rings. The van der Waals surface area contributed by atoms with Gasteiger partial charge >= 0.3 is 29.8 Å². The van der Waals surface area contributed by atoms with Gasteiger partial charge in [0.1, 0.15) is 6.54 Å². The molecule has 27 nitrogen and oxygen atoms in total. The number of hydrogen-bond acceptors (Lipinski definition) is 17. The van der Waals surface area contributed by atoms with Gasteiger partial charge in [-0.2, -0.15) is 5.10 Å². The molecule has 5 fully saturated rings. The number of carbonyl (C=O) groups is 10. The van der Waals surface area contributed by atoms with E-state index in [4.69, 9.17) is 24.1 Å². The molecule has 5 amide bonds. The lowest BCUT2D eigenvalue weighted by Gasteiger charge is -2.11. The number of aliphatic carboxylic acids is 1. The van der Waals surface area contributed by atoms with Crippen LogP contribution in [0.3, 0.4) is 0 Å². The molecule has 13 aromatic rings. The highest BCUT2D eigenvalue weighted by Crippen LogP contribution is 2.52. The van der Waals surface area contributed by atoms with Gasteiger partial charge in [0.2, 0.25) is 23.6 Å². The second-order valence-electron chi connectivity index (χ2n) is 31.3. The van der Waals surface area contributed by atoms with Crippen molar-refractivity contribution in [3.8, 4) is 0 Å². The summed E-state index contributed by atoms with van der Waals surface area (Å²) in [7, 11) is 5.30. The minimum absolute atomic E-state index is 0.00326. The number of carboxylic acids is 1. The van der Waals surface area contributed by atoms with Crippen molar-refractivity contribution >= 4 is 132 Å². The number of rotatable bonds is 23. The number of hydrogen-bond donors (Lipinski definition) is 9. The summed E-state index contributed by atoms with van der Waals surface area (Å²) in [4.78, 5) is 125. The van der Waals surface area contributed by atoms with Crippen molar-refractivity contribution in [2.45, 2.75) is 81.3 Å². The molecule has 5 saturated carbocycles. The van der Waals surface area contributed by atoms with E-state index in [9.17, 15) is 58.2 Å². The molecule has 19 rings (SSSR count). The lowest BCUT2D eigenvalue weighted by Crippen LogP contribution is -2.18. The average molecular weight is 1670 g/mol. The molecule has 10 atom stereocenters. The minimum atomic E-state index is -0.663. The Kier molecular flexibility index (Phi) is 25.6. The van der Waals surface area contributed by atoms with E-state index in [0.29, 0.717) is 69.0 Å². The number of methoxy groups -OCH3 is 4. The second-order valence-corrected chi connectivity index (χ2v) is 31.3. The molecule has 9 aromatic carbocycles. The summed E-state index contributed by atoms with van der Waals surface area (Å²) in [6, 6.07) is 69.1. The largest absolute Gasteiger partial charge is 0.481 e. The fourth-order valence-corrected chi connectivity index (χ4v) is 16.5. The van der Waals surface area contributed by atoms with Crippen molar-refractivity contribution in [2.75, 3.05) is 62.9 Å². The van der Waals surface area contributed by atoms with Crippen LogP contribution >= 0.6 is 0 Å². The summed E-state index contributed by atoms with van der Waals surface area (Å²) in [5.74, 6) is -2.17. The van der Waals surface area contributed by atoms with Gasteiger partial charge in [-0.05, 0) is 156 Å². The quantitative estimate of drug-likeness (QED) is 0.0212. The Morgan fingerprint density at radius 1 is 0.419 bits per heavy atom. The van der Waals surface area contributed by atoms with E-state index in [2.05, 4.69) is 48.9 Å². The summed E-state index contributed by atoms with van der Waals surface area (Å²) >= 11 is 0. The van der Waals surface area contributed by atoms with Gasteiger partial charge in [-0.1, -0.05) is 152 Å². The summed E-state index contributed by atoms with van der Waals surface area (Å²) in [6.07, 6.45) is 12.8. The number of nitrogens with one attached hydrogen (secondary N) is 6. The number of esters is 4. The Balaban J connectivity index is 0.000000122. The zero-order valence-electron chi connectivity index (χ0n) is 68.4. The number of anilines is 4. The normalized spacial score (nSPS) is 19.3. The number of amides is 5. The maximum Gasteiger partial charge on any atom is 0.338 e. The van der Waals surface area contributed by atoms with Crippen molar-refractivity contribution in [3.05, 3.63) is 299 Å². The molecule has 0 spiro atoms. The third kappa shape index (κ3) is 19.2. The van der Waals surface area contributed by atoms with Crippen LogP contribution in [0.5, 0.6) is 0 Å². The number of carboxylic acid groups (broad SMARTS) is 1. The number of carbonyl (C=O) groups excluding carboxylic acids is 9. The summed E-state index contributed by atoms with van der Waals surface area (Å²) in [5, 5.41) is 46.0. The predicted octanol–water partition coefficient (Wildman–Crippen LogP) is 14.5. The van der Waals surface area contributed by atoms with Crippen molar-refractivity contribution in [3.63, 3.8) is 0 Å². The van der Waals surface area contributed by atoms with Crippen LogP contribution < -0.4 is 26.7 Å². The Morgan fingerprint density at radius 2 is 0.782 bits per heavy atom. The first kappa shape index (κ1) is 84.4. The van der Waals surface area contributed by atoms with Crippen LogP contribution in [0.2, 0.25) is 0 Å². The third-order valence-corrected chi connectivity index (χ3v) is 23.3. The third-order valence-electron chi connectivity index (χ3n) is 23.3. The molecule has 9 N–H and O–H groups in total. The number of aromatic nitrogens is 4. The Bertz CT molecular complexity index is 6220. The van der Waals surface area contributed by atoms with Crippen LogP contribution in [-0.2, 0) is 67.3 Å². The zero-order valence-corrected chi connectivity index (χ0v) is 68.4. The smallest absolute Gasteiger partial charge is 0.338 e. The van der Waals surface area contributed by atoms with Gasteiger partial charge in [-0.25, -0.2) is 19.8 Å². The average Bonchev–Trinajstić information content (AvgIpc) is 1.60. The summed E-state index contributed by atoms with van der Waals surface area (Å²) in [5.41, 5.74) is 15.9. The molecule has 10 unspecified atom stereocenters. The molecular weight excluding hydrogens is 1580 g/mol. The first-order valence-corrected chi connectivity index (χ1v) is 40.9. The highest BCUT2D eigenvalue weighted by atomic mass is 16.5. The van der Waals surface area contributed by atoms with Crippen LogP contribution in [0.4, 0.5) is 22.7 Å². The highest BCUT2D eigenvalue weighted by molar-refractivity contribution is 6.16. The minimum Gasteiger partial charge on any atom is -0.481 e. The van der Waals surface area contributed by atoms with E-state index in [1.807, 2.05) is 191 Å². The first-order valence-electron chi connectivity index (χ1n) is 40.9. The van der Waals surface area contributed by atoms with Gasteiger partial charge in [0.15, 0.2) is 0 Å². The number of benzene rings is 9. The topological polar surface area (TPSA) is 371 Å². The van der Waals surface area contributed by atoms with Gasteiger partial charge < -0.3 is 74.2 Å². The van der Waals surface area contributed by atoms with Crippen molar-refractivity contribution in [2.24, 2.45) is 34.7 Å². The van der Waals surface area contributed by atoms with Crippen LogP contribution in [0.15, 0.2) is 248 Å². The summed E-state index contributed by atoms with van der Waals surface area (Å²) < 4.78 is 24.8. The Morgan fingerprint density at radius 3 is 1.18 bits per heavy atom. The van der Waals surface area contributed by atoms with Gasteiger partial charge in [0, 0.05) is 117 Å². The van der Waals surface area contributed by atoms with Crippen LogP contribution in [0.1, 0.15) is 137 Å². The molecule has 0 radical (unpaired) electrons. The molecule has 5 aliphatic carbocycles. The summed E-state index contributed by atoms with van der Waals surface area (Å²) in [6.45, 7) is 0.743. The maximum atomic E-state index is 12.8. The maximum absolute atomic E-state index is 12.8. The highest BCUT2D eigenvalue weighted by Gasteiger charge is 2.48. The van der Waals surface area contributed by atoms with Gasteiger partial charge in [-0.3, -0.25) is 33.6 Å². The second kappa shape index (κ2) is 37.6. The molecule has 632 valence electrons. The van der Waals surface area contributed by atoms with Crippen LogP contribution in [0, 0.1) is 29.6 Å². The van der Waals surface area contributed by atoms with Gasteiger partial charge in [-0.15, -0.1) is 0 Å². The fourth-order valence-electron chi connectivity index (χ4n) is 16.5. The Hall–Kier alpha value is -14.6. The van der Waals surface area contributed by atoms with E-state index in [0.717, 1.165) is 81.5 Å². The van der Waals surface area contributed by atoms with Crippen molar-refractivity contribution in [1.29, 1.82) is 0 Å². The molecule has 124 heavy (non-hydrogen) atoms. The molecule has 0 saturated heterocycles. The molecular formula is C97H92N10O17. The van der Waals surface area contributed by atoms with E-state index in [-0.39, 0.29) is 108 Å². The molecule has 5 heterocycles. The number of ether oxygens (including phenoxy) is 4. The van der Waals surface area contributed by atoms with Crippen molar-refractivity contribution in [1.82, 2.24) is 24.1 Å². The lowest BCUT2D eigenvalue weighted by molar-refractivity contribution is -0.141. The van der Waals surface area contributed by atoms with E-state index in [1.54, 1.807) is 59.6 Å². The van der Waals surface area contributed by atoms with E-state index >= 15 is 0 Å². The van der Waals surface area contributed by atoms with Crippen LogP contribution in [0.25, 0.3) is 43.6 Å². The number of aromatic amines is 1. The van der Waals surface area contributed by atoms with Crippen molar-refractivity contribution < 1.29 is 82.2 Å². The Labute approximate surface area is 712 Å². The van der Waals surface area contributed by atoms with E-state index < -0.39 is 29.8 Å². The number of nitrogens with zero attached hydrogens (tertiary/aromatic N) is 4. The predicted molar refractivity (Wildman–Crippen MR) is 468 cm³/mol. The number of aliphatic hydroxyl groups excluding tert-OH is 2. The number of H-pyrrole nitrogens is 1. The zero-order chi connectivity index (χ0) is 86.8. The monoisotopic (exact) mass is 1670 g/mol. The molecule has 4 aromatic heterocycles. The molecule has 1 aliphatic heterocycles.